The maximum atomic E-state index is 6.15. The van der Waals surface area contributed by atoms with Crippen LogP contribution in [0.15, 0.2) is 22.7 Å². The number of aromatic nitrogens is 2. The minimum atomic E-state index is 0.393. The Labute approximate surface area is 136 Å². The zero-order chi connectivity index (χ0) is 14.9. The fourth-order valence-corrected chi connectivity index (χ4v) is 3.15. The van der Waals surface area contributed by atoms with Crippen molar-refractivity contribution in [2.45, 2.75) is 32.0 Å². The highest BCUT2D eigenvalue weighted by Crippen LogP contribution is 2.35. The molecule has 0 bridgehead atoms. The summed E-state index contributed by atoms with van der Waals surface area (Å²) in [6, 6.07) is 6.11. The van der Waals surface area contributed by atoms with Crippen molar-refractivity contribution < 1.29 is 4.74 Å². The number of nitrogens with zero attached hydrogens (tertiary/aromatic N) is 2. The van der Waals surface area contributed by atoms with Gasteiger partial charge in [-0.1, -0.05) is 45.7 Å². The van der Waals surface area contributed by atoms with Crippen molar-refractivity contribution in [1.82, 2.24) is 9.78 Å². The Morgan fingerprint density at radius 1 is 1.35 bits per heavy atom. The fraction of sp³-hybridized carbons (Fsp3) is 0.400. The number of benzene rings is 1. The Morgan fingerprint density at radius 2 is 2.05 bits per heavy atom. The Balaban J connectivity index is 2.45. The molecule has 1 heterocycles. The second kappa shape index (κ2) is 6.31. The van der Waals surface area contributed by atoms with E-state index in [9.17, 15) is 0 Å². The minimum Gasteiger partial charge on any atom is -0.439 e. The van der Waals surface area contributed by atoms with Gasteiger partial charge in [-0.3, -0.25) is 0 Å². The summed E-state index contributed by atoms with van der Waals surface area (Å²) in [5.74, 6) is 2.07. The molecule has 0 atom stereocenters. The SMILES string of the molecule is Cc1nn(C)c(Oc2ccc(Br)cc2C(C)C)c1CBr. The minimum absolute atomic E-state index is 0.393. The molecule has 0 saturated heterocycles. The lowest BCUT2D eigenvalue weighted by atomic mass is 10.0. The van der Waals surface area contributed by atoms with Gasteiger partial charge in [-0.2, -0.15) is 5.10 Å². The average Bonchev–Trinajstić information content (AvgIpc) is 2.65. The van der Waals surface area contributed by atoms with Crippen molar-refractivity contribution in [1.29, 1.82) is 0 Å². The molecule has 0 spiro atoms. The second-order valence-corrected chi connectivity index (χ2v) is 6.54. The van der Waals surface area contributed by atoms with E-state index < -0.39 is 0 Å². The van der Waals surface area contributed by atoms with E-state index in [1.54, 1.807) is 4.68 Å². The van der Waals surface area contributed by atoms with Crippen LogP contribution in [0.3, 0.4) is 0 Å². The van der Waals surface area contributed by atoms with Crippen LogP contribution in [0.1, 0.15) is 36.6 Å². The normalized spacial score (nSPS) is 11.2. The van der Waals surface area contributed by atoms with Crippen LogP contribution in [0.4, 0.5) is 0 Å². The van der Waals surface area contributed by atoms with Crippen LogP contribution in [0.5, 0.6) is 11.6 Å². The first kappa shape index (κ1) is 15.6. The third kappa shape index (κ3) is 3.09. The Bertz CT molecular complexity index is 621. The first-order valence-electron chi connectivity index (χ1n) is 6.49. The van der Waals surface area contributed by atoms with Crippen LogP contribution in [0, 0.1) is 6.92 Å². The largest absolute Gasteiger partial charge is 0.439 e. The van der Waals surface area contributed by atoms with Gasteiger partial charge in [0.2, 0.25) is 5.88 Å². The van der Waals surface area contributed by atoms with E-state index >= 15 is 0 Å². The molecule has 2 aromatic rings. The zero-order valence-electron chi connectivity index (χ0n) is 12.1. The van der Waals surface area contributed by atoms with Crippen LogP contribution >= 0.6 is 31.9 Å². The predicted octanol–water partition coefficient (Wildman–Crippen LogP) is 5.30. The summed E-state index contributed by atoms with van der Waals surface area (Å²) in [7, 11) is 1.91. The summed E-state index contributed by atoms with van der Waals surface area (Å²) in [4.78, 5) is 0. The van der Waals surface area contributed by atoms with Crippen LogP contribution < -0.4 is 4.74 Å². The average molecular weight is 402 g/mol. The molecule has 0 saturated carbocycles. The number of rotatable bonds is 4. The smallest absolute Gasteiger partial charge is 0.221 e. The van der Waals surface area contributed by atoms with Gasteiger partial charge in [-0.15, -0.1) is 0 Å². The Morgan fingerprint density at radius 3 is 2.65 bits per heavy atom. The molecule has 0 unspecified atom stereocenters. The Kier molecular flexibility index (Phi) is 4.91. The maximum Gasteiger partial charge on any atom is 0.221 e. The van der Waals surface area contributed by atoms with Crippen molar-refractivity contribution in [3.8, 4) is 11.6 Å². The van der Waals surface area contributed by atoms with Gasteiger partial charge in [0.15, 0.2) is 0 Å². The molecule has 20 heavy (non-hydrogen) atoms. The van der Waals surface area contributed by atoms with Crippen LogP contribution in [0.25, 0.3) is 0 Å². The molecule has 1 aromatic heterocycles. The zero-order valence-corrected chi connectivity index (χ0v) is 15.2. The number of alkyl halides is 1. The number of hydrogen-bond donors (Lipinski definition) is 0. The van der Waals surface area contributed by atoms with Crippen LogP contribution in [-0.2, 0) is 12.4 Å². The molecular weight excluding hydrogens is 384 g/mol. The van der Waals surface area contributed by atoms with Crippen molar-refractivity contribution in [3.63, 3.8) is 0 Å². The second-order valence-electron chi connectivity index (χ2n) is 5.07. The summed E-state index contributed by atoms with van der Waals surface area (Å²) in [5, 5.41) is 5.15. The van der Waals surface area contributed by atoms with E-state index in [2.05, 4.69) is 56.9 Å². The quantitative estimate of drug-likeness (QED) is 0.649. The first-order chi connectivity index (χ1) is 9.43. The van der Waals surface area contributed by atoms with Crippen molar-refractivity contribution >= 4 is 31.9 Å². The molecule has 0 fully saturated rings. The van der Waals surface area contributed by atoms with Crippen molar-refractivity contribution in [2.24, 2.45) is 7.05 Å². The van der Waals surface area contributed by atoms with E-state index in [0.29, 0.717) is 5.92 Å². The molecule has 1 aromatic carbocycles. The number of aryl methyl sites for hydroxylation is 2. The van der Waals surface area contributed by atoms with Gasteiger partial charge in [-0.25, -0.2) is 4.68 Å². The van der Waals surface area contributed by atoms with E-state index in [0.717, 1.165) is 32.7 Å². The van der Waals surface area contributed by atoms with Crippen molar-refractivity contribution in [2.75, 3.05) is 0 Å². The van der Waals surface area contributed by atoms with E-state index in [1.807, 2.05) is 26.1 Å². The van der Waals surface area contributed by atoms with E-state index in [-0.39, 0.29) is 0 Å². The van der Waals surface area contributed by atoms with E-state index in [4.69, 9.17) is 4.74 Å². The first-order valence-corrected chi connectivity index (χ1v) is 8.41. The standard InChI is InChI=1S/C15H18Br2N2O/c1-9(2)12-7-11(17)5-6-14(12)20-15-13(8-16)10(3)18-19(15)4/h5-7,9H,8H2,1-4H3. The maximum absolute atomic E-state index is 6.15. The summed E-state index contributed by atoms with van der Waals surface area (Å²) in [6.07, 6.45) is 0. The molecule has 0 aliphatic rings. The van der Waals surface area contributed by atoms with Crippen molar-refractivity contribution in [3.05, 3.63) is 39.5 Å². The third-order valence-electron chi connectivity index (χ3n) is 3.22. The lowest BCUT2D eigenvalue weighted by Crippen LogP contribution is -2.00. The lowest BCUT2D eigenvalue weighted by molar-refractivity contribution is 0.421. The van der Waals surface area contributed by atoms with Crippen LogP contribution in [-0.4, -0.2) is 9.78 Å². The third-order valence-corrected chi connectivity index (χ3v) is 4.28. The van der Waals surface area contributed by atoms with Gasteiger partial charge < -0.3 is 4.74 Å². The van der Waals surface area contributed by atoms with Gasteiger partial charge in [-0.05, 0) is 36.6 Å². The molecule has 2 rings (SSSR count). The highest BCUT2D eigenvalue weighted by atomic mass is 79.9. The highest BCUT2D eigenvalue weighted by molar-refractivity contribution is 9.10. The molecular formula is C15H18Br2N2O. The molecule has 0 aliphatic heterocycles. The molecule has 0 N–H and O–H groups in total. The highest BCUT2D eigenvalue weighted by Gasteiger charge is 2.17. The number of hydrogen-bond acceptors (Lipinski definition) is 2. The monoisotopic (exact) mass is 400 g/mol. The molecule has 0 amide bonds. The van der Waals surface area contributed by atoms with Crippen LogP contribution in [0.2, 0.25) is 0 Å². The molecule has 0 aliphatic carbocycles. The predicted molar refractivity (Wildman–Crippen MR) is 88.9 cm³/mol. The lowest BCUT2D eigenvalue weighted by Gasteiger charge is -2.15. The van der Waals surface area contributed by atoms with Gasteiger partial charge in [0.25, 0.3) is 0 Å². The van der Waals surface area contributed by atoms with Gasteiger partial charge in [0.05, 0.1) is 5.69 Å². The summed E-state index contributed by atoms with van der Waals surface area (Å²) in [6.45, 7) is 6.32. The molecule has 0 radical (unpaired) electrons. The topological polar surface area (TPSA) is 27.1 Å². The summed E-state index contributed by atoms with van der Waals surface area (Å²) >= 11 is 7.02. The van der Waals surface area contributed by atoms with Gasteiger partial charge in [0, 0.05) is 22.4 Å². The number of ether oxygens (including phenoxy) is 1. The molecule has 108 valence electrons. The molecule has 5 heteroatoms. The van der Waals surface area contributed by atoms with E-state index in [1.165, 1.54) is 5.56 Å². The molecule has 3 nitrogen and oxygen atoms in total. The number of halogens is 2. The fourth-order valence-electron chi connectivity index (χ4n) is 2.13. The summed E-state index contributed by atoms with van der Waals surface area (Å²) < 4.78 is 9.00. The van der Waals surface area contributed by atoms with Gasteiger partial charge >= 0.3 is 0 Å². The van der Waals surface area contributed by atoms with Gasteiger partial charge in [0.1, 0.15) is 5.75 Å². The summed E-state index contributed by atoms with van der Waals surface area (Å²) in [5.41, 5.74) is 3.26. The Hall–Kier alpha value is -0.810.